The molecular formula is C37H43F2N5O3. The number of nitrogens with zero attached hydrogens (tertiary/aromatic N) is 5. The second-order valence-corrected chi connectivity index (χ2v) is 13.9. The van der Waals surface area contributed by atoms with Gasteiger partial charge in [-0.1, -0.05) is 25.8 Å². The highest BCUT2D eigenvalue weighted by atomic mass is 19.1. The summed E-state index contributed by atoms with van der Waals surface area (Å²) in [6.45, 7) is 6.03. The molecule has 8 rings (SSSR count). The van der Waals surface area contributed by atoms with Crippen LogP contribution in [0.3, 0.4) is 0 Å². The van der Waals surface area contributed by atoms with Gasteiger partial charge in [-0.15, -0.1) is 0 Å². The lowest BCUT2D eigenvalue weighted by atomic mass is 9.73. The van der Waals surface area contributed by atoms with Gasteiger partial charge in [0.2, 0.25) is 0 Å². The summed E-state index contributed by atoms with van der Waals surface area (Å²) in [6, 6.07) is 7.37. The predicted octanol–water partition coefficient (Wildman–Crippen LogP) is 7.18. The van der Waals surface area contributed by atoms with Crippen molar-refractivity contribution in [3.05, 3.63) is 47.7 Å². The van der Waals surface area contributed by atoms with Crippen molar-refractivity contribution < 1.29 is 23.4 Å². The van der Waals surface area contributed by atoms with Crippen LogP contribution in [0.1, 0.15) is 70.3 Å². The summed E-state index contributed by atoms with van der Waals surface area (Å²) >= 11 is 0. The van der Waals surface area contributed by atoms with Gasteiger partial charge in [-0.2, -0.15) is 9.97 Å². The molecule has 2 atom stereocenters. The molecule has 0 bridgehead atoms. The van der Waals surface area contributed by atoms with Gasteiger partial charge in [0.15, 0.2) is 5.82 Å². The molecule has 0 unspecified atom stereocenters. The molecule has 2 aromatic heterocycles. The van der Waals surface area contributed by atoms with Gasteiger partial charge < -0.3 is 19.5 Å². The van der Waals surface area contributed by atoms with Crippen LogP contribution in [0.15, 0.2) is 30.5 Å². The molecule has 2 saturated carbocycles. The van der Waals surface area contributed by atoms with Gasteiger partial charge in [-0.3, -0.25) is 9.88 Å². The van der Waals surface area contributed by atoms with E-state index in [4.69, 9.17) is 19.4 Å². The molecule has 2 aliphatic carbocycles. The third-order valence-electron chi connectivity index (χ3n) is 11.3. The van der Waals surface area contributed by atoms with E-state index in [9.17, 15) is 5.11 Å². The number of ether oxygens (including phenoxy) is 2. The maximum atomic E-state index is 16.9. The van der Waals surface area contributed by atoms with E-state index in [0.717, 1.165) is 25.7 Å². The van der Waals surface area contributed by atoms with E-state index in [0.29, 0.717) is 84.5 Å². The summed E-state index contributed by atoms with van der Waals surface area (Å²) in [7, 11) is 0. The van der Waals surface area contributed by atoms with E-state index in [2.05, 4.69) is 14.8 Å². The van der Waals surface area contributed by atoms with Crippen LogP contribution in [-0.2, 0) is 11.2 Å². The molecule has 248 valence electrons. The molecule has 1 N–H and O–H groups in total. The normalized spacial score (nSPS) is 24.0. The average Bonchev–Trinajstić information content (AvgIpc) is 3.30. The molecule has 2 aromatic carbocycles. The lowest BCUT2D eigenvalue weighted by Crippen LogP contribution is -2.57. The van der Waals surface area contributed by atoms with E-state index in [-0.39, 0.29) is 34.2 Å². The fraction of sp³-hybridized carbons (Fsp3) is 0.541. The van der Waals surface area contributed by atoms with Crippen molar-refractivity contribution >= 4 is 27.5 Å². The van der Waals surface area contributed by atoms with Gasteiger partial charge in [0, 0.05) is 49.0 Å². The zero-order valence-electron chi connectivity index (χ0n) is 27.1. The number of likely N-dealkylation sites (tertiary alicyclic amines) is 1. The molecule has 4 heterocycles. The molecule has 10 heteroatoms. The topological polar surface area (TPSA) is 83.8 Å². The fourth-order valence-corrected chi connectivity index (χ4v) is 8.81. The van der Waals surface area contributed by atoms with Gasteiger partial charge >= 0.3 is 6.01 Å². The Balaban J connectivity index is 1.23. The number of rotatable bonds is 7. The summed E-state index contributed by atoms with van der Waals surface area (Å²) < 4.78 is 44.2. The number of phenolic OH excluding ortho intramolecular Hbond substituents is 1. The number of aromatic hydroxyl groups is 1. The van der Waals surface area contributed by atoms with Gasteiger partial charge in [0.25, 0.3) is 0 Å². The smallest absolute Gasteiger partial charge is 0.319 e. The highest BCUT2D eigenvalue weighted by Gasteiger charge is 2.50. The number of aromatic nitrogens is 3. The van der Waals surface area contributed by atoms with E-state index in [1.165, 1.54) is 50.8 Å². The number of hydrogen-bond donors (Lipinski definition) is 1. The molecule has 4 aliphatic rings. The fourth-order valence-electron chi connectivity index (χ4n) is 8.81. The van der Waals surface area contributed by atoms with Crippen molar-refractivity contribution in [2.75, 3.05) is 44.4 Å². The molecule has 0 amide bonds. The minimum Gasteiger partial charge on any atom is -0.508 e. The number of pyridine rings is 1. The van der Waals surface area contributed by atoms with Crippen LogP contribution in [0.5, 0.6) is 11.8 Å². The van der Waals surface area contributed by atoms with Gasteiger partial charge in [-0.05, 0) is 92.4 Å². The first-order chi connectivity index (χ1) is 23.0. The molecular weight excluding hydrogens is 600 g/mol. The molecule has 8 nitrogen and oxygen atoms in total. The standard InChI is InChI=1S/C37H43F2N5O3/c1-2-26-29(38)11-10-23-19-25(45)20-27(31(23)26)33-32(39)34-28(21-40-33)35(43-14-6-17-46-18-16-43)42-36(41-34)47-22-37-12-4-9-30(37)44(15-5-13-37)24-7-3-8-24/h10-11,19-21,24,30,45H,2-9,12-18,22H2,1H3/t30-,37-/m1/s1. The third-order valence-corrected chi connectivity index (χ3v) is 11.3. The number of fused-ring (bicyclic) bond motifs is 3. The number of phenols is 1. The summed E-state index contributed by atoms with van der Waals surface area (Å²) in [5, 5.41) is 12.3. The van der Waals surface area contributed by atoms with Crippen molar-refractivity contribution in [2.24, 2.45) is 5.41 Å². The van der Waals surface area contributed by atoms with Crippen LogP contribution in [0.4, 0.5) is 14.6 Å². The average molecular weight is 644 g/mol. The van der Waals surface area contributed by atoms with Crippen molar-refractivity contribution in [2.45, 2.75) is 83.2 Å². The maximum absolute atomic E-state index is 16.9. The quantitative estimate of drug-likeness (QED) is 0.227. The monoisotopic (exact) mass is 643 g/mol. The number of aryl methyl sites for hydroxylation is 1. The van der Waals surface area contributed by atoms with Gasteiger partial charge in [0.1, 0.15) is 28.6 Å². The Morgan fingerprint density at radius 3 is 2.70 bits per heavy atom. The highest BCUT2D eigenvalue weighted by Crippen LogP contribution is 2.50. The molecule has 4 fully saturated rings. The Labute approximate surface area is 274 Å². The number of piperidine rings is 1. The molecule has 0 spiro atoms. The minimum absolute atomic E-state index is 0.00590. The molecule has 4 aromatic rings. The van der Waals surface area contributed by atoms with E-state index in [1.807, 2.05) is 6.92 Å². The Bertz CT molecular complexity index is 1810. The zero-order chi connectivity index (χ0) is 32.1. The largest absolute Gasteiger partial charge is 0.508 e. The summed E-state index contributed by atoms with van der Waals surface area (Å²) in [5.41, 5.74) is 0.932. The van der Waals surface area contributed by atoms with E-state index >= 15 is 8.78 Å². The van der Waals surface area contributed by atoms with Crippen LogP contribution in [0.25, 0.3) is 32.9 Å². The van der Waals surface area contributed by atoms with Gasteiger partial charge in [-0.25, -0.2) is 8.78 Å². The van der Waals surface area contributed by atoms with Gasteiger partial charge in [0.05, 0.1) is 18.6 Å². The van der Waals surface area contributed by atoms with Crippen molar-refractivity contribution in [1.82, 2.24) is 19.9 Å². The Morgan fingerprint density at radius 1 is 1.00 bits per heavy atom. The molecule has 47 heavy (non-hydrogen) atoms. The third kappa shape index (κ3) is 5.37. The molecule has 0 radical (unpaired) electrons. The minimum atomic E-state index is -0.647. The van der Waals surface area contributed by atoms with E-state index in [1.54, 1.807) is 18.3 Å². The van der Waals surface area contributed by atoms with Crippen molar-refractivity contribution in [1.29, 1.82) is 0 Å². The van der Waals surface area contributed by atoms with Crippen molar-refractivity contribution in [3.8, 4) is 23.0 Å². The maximum Gasteiger partial charge on any atom is 0.319 e. The number of anilines is 1. The van der Waals surface area contributed by atoms with E-state index < -0.39 is 5.82 Å². The summed E-state index contributed by atoms with van der Waals surface area (Å²) in [6.07, 6.45) is 12.5. The zero-order valence-corrected chi connectivity index (χ0v) is 27.1. The molecule has 2 aliphatic heterocycles. The number of hydrogen-bond acceptors (Lipinski definition) is 8. The SMILES string of the molecule is CCc1c(F)ccc2cc(O)cc(-c3ncc4c(N5CCCOCC5)nc(OC[C@]56CCC[C@H]5N(C5CCC5)CCC6)nc4c3F)c12. The Hall–Kier alpha value is -3.63. The highest BCUT2D eigenvalue weighted by molar-refractivity contribution is 6.01. The van der Waals surface area contributed by atoms with Crippen LogP contribution >= 0.6 is 0 Å². The number of benzene rings is 2. The van der Waals surface area contributed by atoms with Crippen LogP contribution in [-0.4, -0.2) is 76.5 Å². The first-order valence-electron chi connectivity index (χ1n) is 17.5. The van der Waals surface area contributed by atoms with Crippen LogP contribution in [0, 0.1) is 17.0 Å². The summed E-state index contributed by atoms with van der Waals surface area (Å²) in [4.78, 5) is 19.1. The Morgan fingerprint density at radius 2 is 1.87 bits per heavy atom. The Kier molecular flexibility index (Phi) is 8.12. The van der Waals surface area contributed by atoms with Crippen molar-refractivity contribution in [3.63, 3.8) is 0 Å². The molecule has 2 saturated heterocycles. The lowest BCUT2D eigenvalue weighted by molar-refractivity contribution is -0.0399. The van der Waals surface area contributed by atoms with Crippen LogP contribution < -0.4 is 9.64 Å². The second kappa shape index (κ2) is 12.4. The second-order valence-electron chi connectivity index (χ2n) is 13.9. The van der Waals surface area contributed by atoms with Crippen LogP contribution in [0.2, 0.25) is 0 Å². The first kappa shape index (κ1) is 30.7. The first-order valence-corrected chi connectivity index (χ1v) is 17.5. The lowest BCUT2D eigenvalue weighted by Gasteiger charge is -2.51. The summed E-state index contributed by atoms with van der Waals surface area (Å²) in [5.74, 6) is -0.492. The predicted molar refractivity (Wildman–Crippen MR) is 178 cm³/mol. The number of halogens is 2.